The Morgan fingerprint density at radius 3 is 1.35 bits per heavy atom. The fraction of sp³-hybridized carbons (Fsp3) is 0.706. The van der Waals surface area contributed by atoms with Gasteiger partial charge in [-0.3, -0.25) is 38.4 Å². The molecule has 1 fully saturated rings. The summed E-state index contributed by atoms with van der Waals surface area (Å²) in [4.78, 5) is 91.5. The predicted octanol–water partition coefficient (Wildman–Crippen LogP) is 1.82. The van der Waals surface area contributed by atoms with Gasteiger partial charge in [-0.15, -0.1) is 0 Å². The number of carboxylic acid groups (broad SMARTS) is 8. The maximum Gasteiger partial charge on any atom is 0.322 e. The van der Waals surface area contributed by atoms with Crippen LogP contribution in [0.25, 0.3) is 0 Å². The molecule has 28 nitrogen and oxygen atoms in total. The third-order valence-corrected chi connectivity index (χ3v) is 10.5. The van der Waals surface area contributed by atoms with Crippen LogP contribution in [-0.2, 0) is 38.4 Å². The van der Waals surface area contributed by atoms with Crippen molar-refractivity contribution in [3.05, 3.63) is 30.3 Å². The lowest BCUT2D eigenvalue weighted by Crippen LogP contribution is -2.42. The van der Waals surface area contributed by atoms with Gasteiger partial charge < -0.3 is 102 Å². The van der Waals surface area contributed by atoms with E-state index in [1.165, 1.54) is 19.3 Å². The second-order valence-electron chi connectivity index (χ2n) is 20.2. The van der Waals surface area contributed by atoms with E-state index in [9.17, 15) is 43.2 Å². The number of nitrogens with two attached hydrogens (primary N) is 6. The number of carbonyl (C=O) groups is 9. The van der Waals surface area contributed by atoms with Gasteiger partial charge in [0.15, 0.2) is 0 Å². The van der Waals surface area contributed by atoms with E-state index in [2.05, 4.69) is 26.6 Å². The van der Waals surface area contributed by atoms with Crippen LogP contribution in [0.15, 0.2) is 30.3 Å². The lowest BCUT2D eigenvalue weighted by Gasteiger charge is -2.24. The van der Waals surface area contributed by atoms with Crippen LogP contribution in [0, 0.1) is 16.7 Å². The Morgan fingerprint density at radius 1 is 0.633 bits per heavy atom. The van der Waals surface area contributed by atoms with Gasteiger partial charge in [0.25, 0.3) is 0 Å². The first kappa shape index (κ1) is 84.0. The minimum absolute atomic E-state index is 0.00218. The molecule has 1 aromatic rings. The smallest absolute Gasteiger partial charge is 0.322 e. The van der Waals surface area contributed by atoms with Crippen molar-refractivity contribution in [3.63, 3.8) is 0 Å². The van der Waals surface area contributed by atoms with E-state index in [1.807, 2.05) is 65.0 Å². The summed E-state index contributed by atoms with van der Waals surface area (Å²) in [5, 5.41) is 80.2. The monoisotopic (exact) mass is 1140 g/mol. The molecule has 2 rings (SSSR count). The highest BCUT2D eigenvalue weighted by molar-refractivity contribution is 5.75. The van der Waals surface area contributed by atoms with Crippen molar-refractivity contribution >= 4 is 59.5 Å². The van der Waals surface area contributed by atoms with E-state index in [0.29, 0.717) is 51.2 Å². The van der Waals surface area contributed by atoms with Crippen LogP contribution >= 0.6 is 0 Å². The number of nitrogens with one attached hydrogen (secondary N) is 5. The van der Waals surface area contributed by atoms with Crippen LogP contribution in [-0.4, -0.2) is 177 Å². The largest absolute Gasteiger partial charge is 0.480 e. The summed E-state index contributed by atoms with van der Waals surface area (Å²) in [6.07, 6.45) is 9.44. The molecule has 1 aromatic carbocycles. The highest BCUT2D eigenvalue weighted by Crippen LogP contribution is 2.20. The molecule has 1 aliphatic carbocycles. The average Bonchev–Trinajstić information content (AvgIpc) is 3.34. The molecular weight excluding hydrogens is 1040 g/mol. The molecule has 0 bridgehead atoms. The summed E-state index contributed by atoms with van der Waals surface area (Å²) in [7, 11) is 3.26. The molecule has 0 heterocycles. The molecule has 1 aliphatic rings. The van der Waals surface area contributed by atoms with Crippen LogP contribution in [0.5, 0.6) is 0 Å². The minimum Gasteiger partial charge on any atom is -0.480 e. The molecule has 7 atom stereocenters. The number of likely N-dealkylation sites (N-methyl/N-ethyl adjacent to an activating group) is 2. The average molecular weight is 1140 g/mol. The lowest BCUT2D eigenvalue weighted by atomic mass is 9.88. The Morgan fingerprint density at radius 2 is 1.09 bits per heavy atom. The van der Waals surface area contributed by atoms with Crippen molar-refractivity contribution in [2.24, 2.45) is 51.1 Å². The van der Waals surface area contributed by atoms with E-state index in [0.717, 1.165) is 24.9 Å². The zero-order valence-electron chi connectivity index (χ0n) is 48.3. The Bertz CT molecular complexity index is 1820. The Kier molecular flexibility index (Phi) is 53.2. The van der Waals surface area contributed by atoms with Gasteiger partial charge in [0.05, 0.1) is 6.54 Å². The number of anilines is 1. The third-order valence-electron chi connectivity index (χ3n) is 10.5. The minimum atomic E-state index is -1.03. The fourth-order valence-corrected chi connectivity index (χ4v) is 5.70. The van der Waals surface area contributed by atoms with E-state index in [4.69, 9.17) is 75.3 Å². The standard InChI is InChI=1S/C9H17NO2.C8H9NO2.2C7H15NO2.C6H13N3O3.C6H13NO2.C5H12N2O2.C3H7NO2/c1-7(9(11)12)10-8-5-3-2-4-6-8;10-8(11)6-9-7-4-2-1-3-5-7;1-7(2,3)4-5(8)6(9)10;1-4-5(2)6(8-3)7(9)10;7-4(5(10)11)2-1-3-9-6(8)12;1-6(2,3)4(7)5(8)9;6-3-1-2-4(7)5(8)9;1-4-2-3(5)6/h7-8,10H,2-6H2,1H3,(H,11,12);1-5,9H,6H2,(H,10,11);5H,4,8H2,1-3H3,(H,9,10);5-6,8H,4H2,1-3H3,(H,9,10);4H,1-3,7H2,(H,10,11)(H3,8,9,12);4H,7H2,1-3H3,(H,8,9);4H,1-3,6-7H2,(H,8,9);4H,2H2,1H3,(H,5,6). The van der Waals surface area contributed by atoms with Crippen molar-refractivity contribution in [2.45, 2.75) is 175 Å². The van der Waals surface area contributed by atoms with Gasteiger partial charge in [-0.2, -0.15) is 0 Å². The highest BCUT2D eigenvalue weighted by Gasteiger charge is 2.27. The first-order valence-electron chi connectivity index (χ1n) is 25.7. The quantitative estimate of drug-likeness (QED) is 0.0656. The predicted molar refractivity (Wildman–Crippen MR) is 302 cm³/mol. The van der Waals surface area contributed by atoms with Crippen LogP contribution in [0.4, 0.5) is 10.5 Å². The van der Waals surface area contributed by atoms with Crippen molar-refractivity contribution in [1.82, 2.24) is 21.3 Å². The van der Waals surface area contributed by atoms with Crippen LogP contribution in [0.1, 0.15) is 133 Å². The second-order valence-corrected chi connectivity index (χ2v) is 20.2. The number of urea groups is 1. The molecule has 0 saturated heterocycles. The molecule has 0 aromatic heterocycles. The normalized spacial score (nSPS) is 14.2. The molecule has 2 amide bonds. The number of carboxylic acids is 8. The Balaban J connectivity index is -0.000000194. The summed E-state index contributed by atoms with van der Waals surface area (Å²) in [6, 6.07) is 5.17. The maximum atomic E-state index is 10.5. The van der Waals surface area contributed by atoms with Crippen molar-refractivity contribution in [1.29, 1.82) is 0 Å². The molecule has 1 saturated carbocycles. The summed E-state index contributed by atoms with van der Waals surface area (Å²) in [6.45, 7) is 17.8. The summed E-state index contributed by atoms with van der Waals surface area (Å²) in [5.41, 5.74) is 31.3. The lowest BCUT2D eigenvalue weighted by molar-refractivity contribution is -0.141. The number of hydrogen-bond acceptors (Lipinski definition) is 18. The van der Waals surface area contributed by atoms with Gasteiger partial charge in [-0.25, -0.2) is 4.79 Å². The number of carbonyl (C=O) groups excluding carboxylic acids is 1. The van der Waals surface area contributed by atoms with Gasteiger partial charge in [-0.05, 0) is 101 Å². The van der Waals surface area contributed by atoms with Crippen LogP contribution in [0.2, 0.25) is 0 Å². The number of hydrogen-bond donors (Lipinski definition) is 19. The van der Waals surface area contributed by atoms with Gasteiger partial charge in [-0.1, -0.05) is 99.3 Å². The number of aliphatic carboxylic acids is 8. The number of para-hydroxylation sites is 1. The van der Waals surface area contributed by atoms with Gasteiger partial charge in [0.2, 0.25) is 0 Å². The molecule has 28 heteroatoms. The van der Waals surface area contributed by atoms with Crippen molar-refractivity contribution in [2.75, 3.05) is 45.6 Å². The molecule has 25 N–H and O–H groups in total. The zero-order chi connectivity index (χ0) is 63.1. The summed E-state index contributed by atoms with van der Waals surface area (Å²) >= 11 is 0. The molecular formula is C51H101N11O17. The fourth-order valence-electron chi connectivity index (χ4n) is 5.70. The first-order valence-corrected chi connectivity index (χ1v) is 25.7. The van der Waals surface area contributed by atoms with E-state index >= 15 is 0 Å². The molecule has 79 heavy (non-hydrogen) atoms. The second kappa shape index (κ2) is 50.0. The zero-order valence-corrected chi connectivity index (χ0v) is 48.3. The van der Waals surface area contributed by atoms with Crippen molar-refractivity contribution in [3.8, 4) is 0 Å². The van der Waals surface area contributed by atoms with E-state index < -0.39 is 90.0 Å². The van der Waals surface area contributed by atoms with Gasteiger partial charge >= 0.3 is 53.8 Å². The first-order chi connectivity index (χ1) is 36.3. The third kappa shape index (κ3) is 60.8. The van der Waals surface area contributed by atoms with E-state index in [1.54, 1.807) is 41.8 Å². The topological polar surface area (TPSA) is 532 Å². The number of amides is 2. The van der Waals surface area contributed by atoms with Gasteiger partial charge in [0.1, 0.15) is 42.8 Å². The van der Waals surface area contributed by atoms with E-state index in [-0.39, 0.29) is 29.8 Å². The Labute approximate surface area is 465 Å². The highest BCUT2D eigenvalue weighted by atomic mass is 16.4. The van der Waals surface area contributed by atoms with Gasteiger partial charge in [0, 0.05) is 18.3 Å². The summed E-state index contributed by atoms with van der Waals surface area (Å²) in [5.74, 6) is -6.85. The molecule has 462 valence electrons. The molecule has 7 unspecified atom stereocenters. The van der Waals surface area contributed by atoms with Crippen LogP contribution < -0.4 is 61.0 Å². The molecule has 0 spiro atoms. The number of rotatable bonds is 24. The molecule has 0 radical (unpaired) electrons. The Hall–Kier alpha value is -6.27. The van der Waals surface area contributed by atoms with Crippen LogP contribution in [0.3, 0.4) is 0 Å². The molecule has 0 aliphatic heterocycles. The SMILES string of the molecule is CC(C)(C)C(N)C(=O)O.CC(C)(C)CC(N)C(=O)O.CC(NC1CCCCC1)C(=O)O.CCC(C)C(NC)C(=O)O.CNCC(=O)O.NC(=O)NCCCC(N)C(=O)O.NCCCC(N)C(=O)O.O=C(O)CNc1ccccc1. The van der Waals surface area contributed by atoms with Crippen molar-refractivity contribution < 1.29 is 84.0 Å². The number of benzene rings is 1. The number of primary amides is 1. The summed E-state index contributed by atoms with van der Waals surface area (Å²) < 4.78 is 0. The maximum absolute atomic E-state index is 10.5.